The number of carbonyl (C=O) groups excluding carboxylic acids is 1. The second-order valence-electron chi connectivity index (χ2n) is 6.62. The van der Waals surface area contributed by atoms with Gasteiger partial charge in [-0.15, -0.1) is 0 Å². The quantitative estimate of drug-likeness (QED) is 0.856. The lowest BCUT2D eigenvalue weighted by molar-refractivity contribution is 0.00844. The third-order valence-corrected chi connectivity index (χ3v) is 4.15. The Labute approximate surface area is 121 Å². The highest BCUT2D eigenvalue weighted by Gasteiger charge is 2.29. The monoisotopic (exact) mass is 278 g/mol. The summed E-state index contributed by atoms with van der Waals surface area (Å²) in [6.07, 6.45) is 6.98. The SMILES string of the molecule is CCCn1cc(N)cc1C(=O)OC1CCC(C)(C)CC1. The zero-order valence-electron chi connectivity index (χ0n) is 12.8. The van der Waals surface area contributed by atoms with E-state index in [0.29, 0.717) is 16.8 Å². The fourth-order valence-electron chi connectivity index (χ4n) is 2.83. The van der Waals surface area contributed by atoms with Crippen LogP contribution < -0.4 is 5.73 Å². The van der Waals surface area contributed by atoms with Crippen molar-refractivity contribution in [2.45, 2.75) is 65.5 Å². The maximum absolute atomic E-state index is 12.3. The Morgan fingerprint density at radius 3 is 2.70 bits per heavy atom. The first-order chi connectivity index (χ1) is 9.41. The van der Waals surface area contributed by atoms with Crippen LogP contribution in [0.5, 0.6) is 0 Å². The Morgan fingerprint density at radius 1 is 1.45 bits per heavy atom. The fraction of sp³-hybridized carbons (Fsp3) is 0.688. The highest BCUT2D eigenvalue weighted by molar-refractivity contribution is 5.89. The van der Waals surface area contributed by atoms with Gasteiger partial charge in [0.25, 0.3) is 0 Å². The minimum Gasteiger partial charge on any atom is -0.458 e. The van der Waals surface area contributed by atoms with Crippen molar-refractivity contribution in [1.29, 1.82) is 0 Å². The number of ether oxygens (including phenoxy) is 1. The molecule has 4 nitrogen and oxygen atoms in total. The Morgan fingerprint density at radius 2 is 2.10 bits per heavy atom. The van der Waals surface area contributed by atoms with Crippen molar-refractivity contribution in [3.63, 3.8) is 0 Å². The second-order valence-corrected chi connectivity index (χ2v) is 6.62. The van der Waals surface area contributed by atoms with Gasteiger partial charge < -0.3 is 15.0 Å². The fourth-order valence-corrected chi connectivity index (χ4v) is 2.83. The average Bonchev–Trinajstić information content (AvgIpc) is 2.74. The molecule has 0 atom stereocenters. The maximum atomic E-state index is 12.3. The molecule has 1 aromatic heterocycles. The molecule has 0 saturated heterocycles. The van der Waals surface area contributed by atoms with E-state index in [4.69, 9.17) is 10.5 Å². The van der Waals surface area contributed by atoms with E-state index in [1.807, 2.05) is 10.8 Å². The summed E-state index contributed by atoms with van der Waals surface area (Å²) in [7, 11) is 0. The molecular formula is C16H26N2O2. The molecule has 0 radical (unpaired) electrons. The molecule has 20 heavy (non-hydrogen) atoms. The molecule has 0 unspecified atom stereocenters. The number of aryl methyl sites for hydroxylation is 1. The molecule has 0 aliphatic heterocycles. The smallest absolute Gasteiger partial charge is 0.355 e. The van der Waals surface area contributed by atoms with E-state index in [-0.39, 0.29) is 12.1 Å². The van der Waals surface area contributed by atoms with Crippen molar-refractivity contribution in [2.75, 3.05) is 5.73 Å². The van der Waals surface area contributed by atoms with Crippen LogP contribution in [0.2, 0.25) is 0 Å². The van der Waals surface area contributed by atoms with Crippen LogP contribution in [0.3, 0.4) is 0 Å². The van der Waals surface area contributed by atoms with Gasteiger partial charge in [-0.2, -0.15) is 0 Å². The van der Waals surface area contributed by atoms with Gasteiger partial charge in [0, 0.05) is 12.7 Å². The molecule has 112 valence electrons. The first-order valence-electron chi connectivity index (χ1n) is 7.58. The number of hydrogen-bond acceptors (Lipinski definition) is 3. The number of anilines is 1. The number of aromatic nitrogens is 1. The number of esters is 1. The summed E-state index contributed by atoms with van der Waals surface area (Å²) in [5.41, 5.74) is 7.37. The average molecular weight is 278 g/mol. The molecule has 1 saturated carbocycles. The van der Waals surface area contributed by atoms with E-state index < -0.39 is 0 Å². The van der Waals surface area contributed by atoms with Gasteiger partial charge in [-0.05, 0) is 43.6 Å². The number of nitrogens with two attached hydrogens (primary N) is 1. The Balaban J connectivity index is 1.98. The number of carbonyl (C=O) groups is 1. The summed E-state index contributed by atoms with van der Waals surface area (Å²) in [6.45, 7) is 7.42. The van der Waals surface area contributed by atoms with Crippen LogP contribution in [-0.4, -0.2) is 16.6 Å². The largest absolute Gasteiger partial charge is 0.458 e. The van der Waals surface area contributed by atoms with Gasteiger partial charge >= 0.3 is 5.97 Å². The van der Waals surface area contributed by atoms with Crippen molar-refractivity contribution in [3.05, 3.63) is 18.0 Å². The Bertz CT molecular complexity index is 467. The molecule has 4 heteroatoms. The molecule has 1 aliphatic carbocycles. The summed E-state index contributed by atoms with van der Waals surface area (Å²) < 4.78 is 7.55. The summed E-state index contributed by atoms with van der Waals surface area (Å²) in [5.74, 6) is -0.236. The Hall–Kier alpha value is -1.45. The maximum Gasteiger partial charge on any atom is 0.355 e. The van der Waals surface area contributed by atoms with E-state index in [1.165, 1.54) is 0 Å². The van der Waals surface area contributed by atoms with Crippen molar-refractivity contribution >= 4 is 11.7 Å². The van der Waals surface area contributed by atoms with Crippen molar-refractivity contribution in [3.8, 4) is 0 Å². The normalized spacial score (nSPS) is 18.9. The summed E-state index contributed by atoms with van der Waals surface area (Å²) in [6, 6.07) is 1.71. The van der Waals surface area contributed by atoms with E-state index in [1.54, 1.807) is 6.07 Å². The molecule has 1 heterocycles. The molecule has 1 aliphatic rings. The highest BCUT2D eigenvalue weighted by Crippen LogP contribution is 2.36. The zero-order valence-corrected chi connectivity index (χ0v) is 12.8. The minimum atomic E-state index is -0.236. The van der Waals surface area contributed by atoms with Gasteiger partial charge in [-0.1, -0.05) is 20.8 Å². The summed E-state index contributed by atoms with van der Waals surface area (Å²) >= 11 is 0. The number of nitrogens with zero attached hydrogens (tertiary/aromatic N) is 1. The molecular weight excluding hydrogens is 252 g/mol. The molecule has 0 spiro atoms. The molecule has 0 amide bonds. The zero-order chi connectivity index (χ0) is 14.8. The van der Waals surface area contributed by atoms with Gasteiger partial charge in [0.15, 0.2) is 0 Å². The van der Waals surface area contributed by atoms with Crippen molar-refractivity contribution in [1.82, 2.24) is 4.57 Å². The van der Waals surface area contributed by atoms with Crippen LogP contribution in [0.25, 0.3) is 0 Å². The summed E-state index contributed by atoms with van der Waals surface area (Å²) in [4.78, 5) is 12.3. The van der Waals surface area contributed by atoms with Gasteiger partial charge in [0.05, 0.1) is 5.69 Å². The second kappa shape index (κ2) is 5.90. The highest BCUT2D eigenvalue weighted by atomic mass is 16.5. The van der Waals surface area contributed by atoms with Crippen molar-refractivity contribution < 1.29 is 9.53 Å². The van der Waals surface area contributed by atoms with Crippen LogP contribution in [0.1, 0.15) is 63.4 Å². The number of rotatable bonds is 4. The molecule has 0 bridgehead atoms. The van der Waals surface area contributed by atoms with E-state index in [0.717, 1.165) is 38.6 Å². The number of hydrogen-bond donors (Lipinski definition) is 1. The molecule has 0 aromatic carbocycles. The minimum absolute atomic E-state index is 0.0572. The number of nitrogen functional groups attached to an aromatic ring is 1. The Kier molecular flexibility index (Phi) is 4.41. The lowest BCUT2D eigenvalue weighted by Gasteiger charge is -2.33. The lowest BCUT2D eigenvalue weighted by atomic mass is 9.76. The van der Waals surface area contributed by atoms with E-state index in [2.05, 4.69) is 20.8 Å². The van der Waals surface area contributed by atoms with Crippen LogP contribution in [0.15, 0.2) is 12.3 Å². The topological polar surface area (TPSA) is 57.2 Å². The standard InChI is InChI=1S/C16H26N2O2/c1-4-9-18-11-12(17)10-14(18)15(19)20-13-5-7-16(2,3)8-6-13/h10-11,13H,4-9,17H2,1-3H3. The summed E-state index contributed by atoms with van der Waals surface area (Å²) in [5, 5.41) is 0. The van der Waals surface area contributed by atoms with Crippen molar-refractivity contribution in [2.24, 2.45) is 5.41 Å². The van der Waals surface area contributed by atoms with Gasteiger partial charge in [0.2, 0.25) is 0 Å². The molecule has 1 fully saturated rings. The molecule has 2 rings (SSSR count). The van der Waals surface area contributed by atoms with Crippen LogP contribution in [-0.2, 0) is 11.3 Å². The van der Waals surface area contributed by atoms with Gasteiger partial charge in [0.1, 0.15) is 11.8 Å². The lowest BCUT2D eigenvalue weighted by Crippen LogP contribution is -2.29. The molecule has 1 aromatic rings. The van der Waals surface area contributed by atoms with E-state index >= 15 is 0 Å². The third-order valence-electron chi connectivity index (χ3n) is 4.15. The predicted octanol–water partition coefficient (Wildman–Crippen LogP) is 3.61. The van der Waals surface area contributed by atoms with Crippen LogP contribution in [0, 0.1) is 5.41 Å². The van der Waals surface area contributed by atoms with Crippen LogP contribution >= 0.6 is 0 Å². The predicted molar refractivity (Wildman–Crippen MR) is 80.6 cm³/mol. The van der Waals surface area contributed by atoms with Crippen LogP contribution in [0.4, 0.5) is 5.69 Å². The third kappa shape index (κ3) is 3.56. The first kappa shape index (κ1) is 14.9. The van der Waals surface area contributed by atoms with E-state index in [9.17, 15) is 4.79 Å². The van der Waals surface area contributed by atoms with Gasteiger partial charge in [-0.3, -0.25) is 0 Å². The first-order valence-corrected chi connectivity index (χ1v) is 7.58. The molecule has 2 N–H and O–H groups in total. The van der Waals surface area contributed by atoms with Gasteiger partial charge in [-0.25, -0.2) is 4.79 Å².